The van der Waals surface area contributed by atoms with Gasteiger partial charge in [0.25, 0.3) is 5.91 Å². The van der Waals surface area contributed by atoms with Crippen LogP contribution in [0.25, 0.3) is 0 Å². The second-order valence-electron chi connectivity index (χ2n) is 5.23. The molecular formula is C14H17F3N2O2. The van der Waals surface area contributed by atoms with Crippen LogP contribution in [-0.4, -0.2) is 31.3 Å². The van der Waals surface area contributed by atoms with Crippen molar-refractivity contribution in [2.75, 3.05) is 18.6 Å². The van der Waals surface area contributed by atoms with Crippen LogP contribution in [0.5, 0.6) is 5.75 Å². The summed E-state index contributed by atoms with van der Waals surface area (Å²) in [5.41, 5.74) is 3.50. The first kappa shape index (κ1) is 15.6. The van der Waals surface area contributed by atoms with Crippen molar-refractivity contribution in [1.82, 2.24) is 0 Å². The number of rotatable bonds is 2. The van der Waals surface area contributed by atoms with Crippen LogP contribution in [-0.2, 0) is 11.2 Å². The molecule has 0 radical (unpaired) electrons. The van der Waals surface area contributed by atoms with Gasteiger partial charge in [0, 0.05) is 6.54 Å². The molecule has 1 amide bonds. The molecule has 0 saturated heterocycles. The summed E-state index contributed by atoms with van der Waals surface area (Å²) >= 11 is 0. The van der Waals surface area contributed by atoms with Gasteiger partial charge in [-0.25, -0.2) is 0 Å². The van der Waals surface area contributed by atoms with Crippen LogP contribution in [0.2, 0.25) is 0 Å². The predicted octanol–water partition coefficient (Wildman–Crippen LogP) is 2.25. The highest BCUT2D eigenvalue weighted by Gasteiger charge is 2.56. The van der Waals surface area contributed by atoms with Gasteiger partial charge in [-0.15, -0.1) is 0 Å². The van der Waals surface area contributed by atoms with E-state index in [1.807, 2.05) is 0 Å². The zero-order valence-electron chi connectivity index (χ0n) is 11.8. The number of ether oxygens (including phenoxy) is 1. The molecule has 21 heavy (non-hydrogen) atoms. The average Bonchev–Trinajstić information content (AvgIpc) is 2.43. The van der Waals surface area contributed by atoms with Crippen molar-refractivity contribution < 1.29 is 22.7 Å². The Labute approximate surface area is 120 Å². The van der Waals surface area contributed by atoms with Gasteiger partial charge >= 0.3 is 6.18 Å². The summed E-state index contributed by atoms with van der Waals surface area (Å²) in [6.07, 6.45) is -3.55. The lowest BCUT2D eigenvalue weighted by molar-refractivity contribution is -0.185. The Morgan fingerprint density at radius 2 is 2.05 bits per heavy atom. The van der Waals surface area contributed by atoms with Crippen molar-refractivity contribution in [3.05, 3.63) is 23.8 Å². The molecule has 7 heteroatoms. The third-order valence-corrected chi connectivity index (χ3v) is 3.68. The largest absolute Gasteiger partial charge is 0.495 e. The fourth-order valence-electron chi connectivity index (χ4n) is 2.38. The molecule has 2 rings (SSSR count). The third-order valence-electron chi connectivity index (χ3n) is 3.68. The van der Waals surface area contributed by atoms with Crippen LogP contribution >= 0.6 is 0 Å². The quantitative estimate of drug-likeness (QED) is 0.911. The van der Waals surface area contributed by atoms with Crippen LogP contribution in [0, 0.1) is 0 Å². The average molecular weight is 302 g/mol. The van der Waals surface area contributed by atoms with Gasteiger partial charge in [0.1, 0.15) is 5.75 Å². The molecule has 0 saturated carbocycles. The number of amides is 1. The molecule has 1 aliphatic heterocycles. The normalized spacial score (nSPS) is 17.9. The molecule has 0 spiro atoms. The van der Waals surface area contributed by atoms with Gasteiger partial charge in [0.2, 0.25) is 0 Å². The number of para-hydroxylation sites is 1. The number of nitrogens with two attached hydrogens (primary N) is 1. The summed E-state index contributed by atoms with van der Waals surface area (Å²) < 4.78 is 44.2. The Balaban J connectivity index is 2.47. The van der Waals surface area contributed by atoms with Crippen molar-refractivity contribution in [2.24, 2.45) is 5.73 Å². The van der Waals surface area contributed by atoms with E-state index < -0.39 is 17.6 Å². The van der Waals surface area contributed by atoms with E-state index in [2.05, 4.69) is 0 Å². The minimum absolute atomic E-state index is 0.190. The number of halogens is 3. The lowest BCUT2D eigenvalue weighted by Crippen LogP contribution is -2.63. The lowest BCUT2D eigenvalue weighted by atomic mass is 9.96. The highest BCUT2D eigenvalue weighted by Crippen LogP contribution is 2.39. The molecule has 0 aromatic heterocycles. The zero-order valence-corrected chi connectivity index (χ0v) is 11.8. The molecule has 1 unspecified atom stereocenters. The maximum atomic E-state index is 13.0. The molecule has 1 aliphatic rings. The van der Waals surface area contributed by atoms with Gasteiger partial charge in [-0.3, -0.25) is 4.79 Å². The number of nitrogens with zero attached hydrogens (tertiary/aromatic N) is 1. The van der Waals surface area contributed by atoms with Gasteiger partial charge < -0.3 is 15.4 Å². The van der Waals surface area contributed by atoms with Crippen LogP contribution in [0.4, 0.5) is 18.9 Å². The lowest BCUT2D eigenvalue weighted by Gasteiger charge is -2.36. The minimum atomic E-state index is -4.82. The van der Waals surface area contributed by atoms with Crippen LogP contribution in [0.1, 0.15) is 18.9 Å². The number of carbonyl (C=O) groups is 1. The summed E-state index contributed by atoms with van der Waals surface area (Å²) in [7, 11) is 1.41. The number of hydrogen-bond donors (Lipinski definition) is 1. The van der Waals surface area contributed by atoms with E-state index in [1.54, 1.807) is 18.2 Å². The Bertz CT molecular complexity index is 541. The third kappa shape index (κ3) is 2.57. The van der Waals surface area contributed by atoms with Crippen molar-refractivity contribution >= 4 is 11.6 Å². The molecule has 1 aromatic rings. The first-order valence-corrected chi connectivity index (χ1v) is 6.53. The number of anilines is 1. The fraction of sp³-hybridized carbons (Fsp3) is 0.500. The summed E-state index contributed by atoms with van der Waals surface area (Å²) in [6.45, 7) is 0.883. The standard InChI is InChI=1S/C14H17F3N2O2/c1-13(18,14(15,16)17)12(20)19-8-4-6-9-5-3-7-10(21-2)11(9)19/h3,5,7H,4,6,8,18H2,1-2H3. The fourth-order valence-corrected chi connectivity index (χ4v) is 2.38. The highest BCUT2D eigenvalue weighted by molar-refractivity contribution is 6.02. The summed E-state index contributed by atoms with van der Waals surface area (Å²) in [5.74, 6) is -0.793. The predicted molar refractivity (Wildman–Crippen MR) is 72.3 cm³/mol. The second-order valence-corrected chi connectivity index (χ2v) is 5.23. The van der Waals surface area contributed by atoms with E-state index in [4.69, 9.17) is 10.5 Å². The molecule has 0 fully saturated rings. The van der Waals surface area contributed by atoms with E-state index in [0.29, 0.717) is 31.2 Å². The minimum Gasteiger partial charge on any atom is -0.495 e. The van der Waals surface area contributed by atoms with Crippen molar-refractivity contribution in [1.29, 1.82) is 0 Å². The first-order chi connectivity index (χ1) is 9.70. The molecule has 116 valence electrons. The number of methoxy groups -OCH3 is 1. The Morgan fingerprint density at radius 3 is 2.62 bits per heavy atom. The number of benzene rings is 1. The maximum absolute atomic E-state index is 13.0. The molecule has 1 heterocycles. The molecule has 0 bridgehead atoms. The number of aryl methyl sites for hydroxylation is 1. The van der Waals surface area contributed by atoms with Gasteiger partial charge in [-0.05, 0) is 31.4 Å². The zero-order chi connectivity index (χ0) is 15.8. The SMILES string of the molecule is COc1cccc2c1N(C(=O)C(C)(N)C(F)(F)F)CCC2. The van der Waals surface area contributed by atoms with Gasteiger partial charge in [-0.2, -0.15) is 13.2 Å². The smallest absolute Gasteiger partial charge is 0.415 e. The molecule has 1 atom stereocenters. The maximum Gasteiger partial charge on any atom is 0.415 e. The first-order valence-electron chi connectivity index (χ1n) is 6.53. The summed E-state index contributed by atoms with van der Waals surface area (Å²) in [5, 5.41) is 0. The van der Waals surface area contributed by atoms with E-state index in [-0.39, 0.29) is 6.54 Å². The molecule has 2 N–H and O–H groups in total. The molecule has 1 aromatic carbocycles. The van der Waals surface area contributed by atoms with Gasteiger partial charge in [-0.1, -0.05) is 12.1 Å². The Hall–Kier alpha value is -1.76. The molecule has 0 aliphatic carbocycles. The number of carbonyl (C=O) groups excluding carboxylic acids is 1. The molecular weight excluding hydrogens is 285 g/mol. The molecule has 4 nitrogen and oxygen atoms in total. The van der Waals surface area contributed by atoms with Crippen LogP contribution < -0.4 is 15.4 Å². The highest BCUT2D eigenvalue weighted by atomic mass is 19.4. The van der Waals surface area contributed by atoms with Crippen LogP contribution in [0.15, 0.2) is 18.2 Å². The van der Waals surface area contributed by atoms with E-state index in [1.165, 1.54) is 7.11 Å². The van der Waals surface area contributed by atoms with Crippen molar-refractivity contribution in [2.45, 2.75) is 31.5 Å². The second kappa shape index (κ2) is 5.22. The van der Waals surface area contributed by atoms with Gasteiger partial charge in [0.15, 0.2) is 5.54 Å². The van der Waals surface area contributed by atoms with E-state index in [0.717, 1.165) is 10.5 Å². The van der Waals surface area contributed by atoms with E-state index in [9.17, 15) is 18.0 Å². The van der Waals surface area contributed by atoms with E-state index >= 15 is 0 Å². The van der Waals surface area contributed by atoms with Gasteiger partial charge in [0.05, 0.1) is 12.8 Å². The van der Waals surface area contributed by atoms with Crippen LogP contribution in [0.3, 0.4) is 0 Å². The Morgan fingerprint density at radius 1 is 1.38 bits per heavy atom. The number of hydrogen-bond acceptors (Lipinski definition) is 3. The topological polar surface area (TPSA) is 55.6 Å². The Kier molecular flexibility index (Phi) is 3.88. The summed E-state index contributed by atoms with van der Waals surface area (Å²) in [4.78, 5) is 13.4. The van der Waals surface area contributed by atoms with Crippen molar-refractivity contribution in [3.8, 4) is 5.75 Å². The number of alkyl halides is 3. The monoisotopic (exact) mass is 302 g/mol. The number of fused-ring (bicyclic) bond motifs is 1. The summed E-state index contributed by atoms with van der Waals surface area (Å²) in [6, 6.07) is 5.14. The van der Waals surface area contributed by atoms with Crippen molar-refractivity contribution in [3.63, 3.8) is 0 Å².